The first-order valence-corrected chi connectivity index (χ1v) is 6.32. The third kappa shape index (κ3) is 3.19. The van der Waals surface area contributed by atoms with Crippen molar-refractivity contribution in [1.82, 2.24) is 0 Å². The van der Waals surface area contributed by atoms with Gasteiger partial charge >= 0.3 is 5.69 Å². The summed E-state index contributed by atoms with van der Waals surface area (Å²) in [6.07, 6.45) is 0. The Kier molecular flexibility index (Phi) is 4.42. The van der Waals surface area contributed by atoms with Gasteiger partial charge in [-0.2, -0.15) is 0 Å². The lowest BCUT2D eigenvalue weighted by Gasteiger charge is -2.08. The molecule has 0 atom stereocenters. The van der Waals surface area contributed by atoms with Crippen molar-refractivity contribution in [3.05, 3.63) is 58.1 Å². The number of halogens is 1. The van der Waals surface area contributed by atoms with Gasteiger partial charge in [0.25, 0.3) is 0 Å². The summed E-state index contributed by atoms with van der Waals surface area (Å²) in [5.74, 6) is 1.40. The van der Waals surface area contributed by atoms with Crippen molar-refractivity contribution in [2.24, 2.45) is 0 Å². The quantitative estimate of drug-likeness (QED) is 0.472. The number of alkyl halides is 1. The topological polar surface area (TPSA) is 61.6 Å². The summed E-state index contributed by atoms with van der Waals surface area (Å²) in [5, 5.41) is 11.1. The lowest BCUT2D eigenvalue weighted by atomic mass is 10.2. The largest absolute Gasteiger partial charge is 0.496 e. The molecule has 0 aliphatic carbocycles. The third-order valence-corrected chi connectivity index (χ3v) is 2.95. The van der Waals surface area contributed by atoms with Crippen LogP contribution in [-0.4, -0.2) is 12.0 Å². The van der Waals surface area contributed by atoms with Crippen LogP contribution in [0, 0.1) is 10.1 Å². The van der Waals surface area contributed by atoms with Crippen LogP contribution in [0.5, 0.6) is 17.2 Å². The number of hydrogen-bond acceptors (Lipinski definition) is 4. The average Bonchev–Trinajstić information content (AvgIpc) is 2.47. The zero-order valence-electron chi connectivity index (χ0n) is 10.7. The van der Waals surface area contributed by atoms with Gasteiger partial charge in [-0.15, -0.1) is 11.6 Å². The van der Waals surface area contributed by atoms with E-state index < -0.39 is 4.92 Å². The minimum atomic E-state index is -0.511. The predicted molar refractivity (Wildman–Crippen MR) is 75.7 cm³/mol. The highest BCUT2D eigenvalue weighted by Gasteiger charge is 2.17. The number of nitro groups is 1. The van der Waals surface area contributed by atoms with Crippen LogP contribution in [0.1, 0.15) is 5.56 Å². The highest BCUT2D eigenvalue weighted by atomic mass is 35.5. The van der Waals surface area contributed by atoms with E-state index in [1.165, 1.54) is 19.2 Å². The normalized spacial score (nSPS) is 10.1. The van der Waals surface area contributed by atoms with Gasteiger partial charge in [0.15, 0.2) is 0 Å². The molecule has 2 aromatic rings. The lowest BCUT2D eigenvalue weighted by Crippen LogP contribution is -1.95. The van der Waals surface area contributed by atoms with E-state index in [9.17, 15) is 10.1 Å². The fourth-order valence-electron chi connectivity index (χ4n) is 1.67. The van der Waals surface area contributed by atoms with E-state index in [1.807, 2.05) is 6.07 Å². The van der Waals surface area contributed by atoms with Gasteiger partial charge in [-0.25, -0.2) is 0 Å². The molecule has 0 radical (unpaired) electrons. The Hall–Kier alpha value is -2.27. The van der Waals surface area contributed by atoms with E-state index in [4.69, 9.17) is 21.1 Å². The summed E-state index contributed by atoms with van der Waals surface area (Å²) < 4.78 is 10.5. The number of rotatable bonds is 5. The van der Waals surface area contributed by atoms with Gasteiger partial charge in [-0.3, -0.25) is 10.1 Å². The first kappa shape index (κ1) is 14.1. The fraction of sp³-hybridized carbons (Fsp3) is 0.143. The van der Waals surface area contributed by atoms with Crippen molar-refractivity contribution < 1.29 is 14.4 Å². The minimum Gasteiger partial charge on any atom is -0.496 e. The Balaban J connectivity index is 2.34. The number of nitro benzene ring substituents is 1. The zero-order valence-corrected chi connectivity index (χ0v) is 11.5. The van der Waals surface area contributed by atoms with Gasteiger partial charge in [0.1, 0.15) is 11.5 Å². The molecule has 2 aromatic carbocycles. The first-order chi connectivity index (χ1) is 9.63. The van der Waals surface area contributed by atoms with Crippen molar-refractivity contribution >= 4 is 17.3 Å². The van der Waals surface area contributed by atoms with Crippen LogP contribution in [0.4, 0.5) is 5.69 Å². The molecule has 0 aromatic heterocycles. The van der Waals surface area contributed by atoms with Gasteiger partial charge in [0.05, 0.1) is 18.1 Å². The smallest absolute Gasteiger partial charge is 0.315 e. The molecule has 0 amide bonds. The molecule has 0 bridgehead atoms. The molecular formula is C14H12ClNO4. The zero-order chi connectivity index (χ0) is 14.5. The molecule has 0 fully saturated rings. The lowest BCUT2D eigenvalue weighted by molar-refractivity contribution is -0.385. The van der Waals surface area contributed by atoms with Gasteiger partial charge in [-0.05, 0) is 29.8 Å². The van der Waals surface area contributed by atoms with Crippen LogP contribution >= 0.6 is 11.6 Å². The van der Waals surface area contributed by atoms with Crippen LogP contribution in [0.15, 0.2) is 42.5 Å². The Morgan fingerprint density at radius 3 is 2.65 bits per heavy atom. The molecule has 0 aliphatic rings. The maximum atomic E-state index is 11.1. The summed E-state index contributed by atoms with van der Waals surface area (Å²) >= 11 is 5.74. The molecule has 2 rings (SSSR count). The monoisotopic (exact) mass is 293 g/mol. The number of ether oxygens (including phenoxy) is 2. The molecule has 0 spiro atoms. The molecule has 0 N–H and O–H groups in total. The Morgan fingerprint density at radius 2 is 2.00 bits per heavy atom. The summed E-state index contributed by atoms with van der Waals surface area (Å²) in [6.45, 7) is 0. The van der Waals surface area contributed by atoms with E-state index in [0.29, 0.717) is 17.4 Å². The van der Waals surface area contributed by atoms with Crippen LogP contribution in [-0.2, 0) is 5.88 Å². The Labute approximate surface area is 120 Å². The fourth-order valence-corrected chi connectivity index (χ4v) is 1.84. The number of nitrogens with zero attached hydrogens (tertiary/aromatic N) is 1. The highest BCUT2D eigenvalue weighted by molar-refractivity contribution is 6.17. The van der Waals surface area contributed by atoms with E-state index >= 15 is 0 Å². The minimum absolute atomic E-state index is 0.152. The van der Waals surface area contributed by atoms with Crippen LogP contribution in [0.2, 0.25) is 0 Å². The molecule has 104 valence electrons. The molecule has 20 heavy (non-hydrogen) atoms. The Bertz CT molecular complexity index is 630. The van der Waals surface area contributed by atoms with Crippen molar-refractivity contribution in [1.29, 1.82) is 0 Å². The van der Waals surface area contributed by atoms with Crippen molar-refractivity contribution in [3.8, 4) is 17.2 Å². The summed E-state index contributed by atoms with van der Waals surface area (Å²) in [4.78, 5) is 10.5. The molecule has 0 aliphatic heterocycles. The number of benzene rings is 2. The van der Waals surface area contributed by atoms with Crippen LogP contribution < -0.4 is 9.47 Å². The second-order valence-electron chi connectivity index (χ2n) is 3.97. The van der Waals surface area contributed by atoms with Crippen LogP contribution in [0.25, 0.3) is 0 Å². The Morgan fingerprint density at radius 1 is 1.20 bits per heavy atom. The van der Waals surface area contributed by atoms with E-state index in [2.05, 4.69) is 0 Å². The average molecular weight is 294 g/mol. The molecule has 5 nitrogen and oxygen atoms in total. The summed E-state index contributed by atoms with van der Waals surface area (Å²) in [6, 6.07) is 11.5. The standard InChI is InChI=1S/C14H12ClNO4/c1-19-11-5-6-14(13(8-11)16(17)18)20-12-4-2-3-10(7-12)9-15/h2-8H,9H2,1H3. The maximum Gasteiger partial charge on any atom is 0.315 e. The first-order valence-electron chi connectivity index (χ1n) is 5.79. The second-order valence-corrected chi connectivity index (χ2v) is 4.24. The number of hydrogen-bond donors (Lipinski definition) is 0. The molecular weight excluding hydrogens is 282 g/mol. The van der Waals surface area contributed by atoms with Crippen molar-refractivity contribution in [2.75, 3.05) is 7.11 Å². The maximum absolute atomic E-state index is 11.1. The van der Waals surface area contributed by atoms with Gasteiger partial charge in [0.2, 0.25) is 5.75 Å². The molecule has 0 saturated heterocycles. The van der Waals surface area contributed by atoms with Crippen molar-refractivity contribution in [3.63, 3.8) is 0 Å². The van der Waals surface area contributed by atoms with Gasteiger partial charge in [0, 0.05) is 5.88 Å². The highest BCUT2D eigenvalue weighted by Crippen LogP contribution is 2.34. The van der Waals surface area contributed by atoms with E-state index in [-0.39, 0.29) is 11.4 Å². The van der Waals surface area contributed by atoms with E-state index in [1.54, 1.807) is 24.3 Å². The molecule has 0 unspecified atom stereocenters. The SMILES string of the molecule is COc1ccc(Oc2cccc(CCl)c2)c([N+](=O)[O-])c1. The predicted octanol–water partition coefficient (Wildman–Crippen LogP) is 4.13. The summed E-state index contributed by atoms with van der Waals surface area (Å²) in [7, 11) is 1.45. The molecule has 0 heterocycles. The van der Waals surface area contributed by atoms with Gasteiger partial charge in [-0.1, -0.05) is 12.1 Å². The van der Waals surface area contributed by atoms with Crippen molar-refractivity contribution in [2.45, 2.75) is 5.88 Å². The van der Waals surface area contributed by atoms with E-state index in [0.717, 1.165) is 5.56 Å². The molecule has 0 saturated carbocycles. The third-order valence-electron chi connectivity index (χ3n) is 2.64. The molecule has 6 heteroatoms. The number of methoxy groups -OCH3 is 1. The van der Waals surface area contributed by atoms with Crippen LogP contribution in [0.3, 0.4) is 0 Å². The summed E-state index contributed by atoms with van der Waals surface area (Å²) in [5.41, 5.74) is 0.723. The second kappa shape index (κ2) is 6.25. The van der Waals surface area contributed by atoms with Gasteiger partial charge < -0.3 is 9.47 Å².